The predicted octanol–water partition coefficient (Wildman–Crippen LogP) is 6.70. The van der Waals surface area contributed by atoms with Gasteiger partial charge < -0.3 is 0 Å². The molecule has 2 atom stereocenters. The lowest BCUT2D eigenvalue weighted by Gasteiger charge is -2.52. The van der Waals surface area contributed by atoms with E-state index in [4.69, 9.17) is 4.99 Å². The summed E-state index contributed by atoms with van der Waals surface area (Å²) in [7, 11) is 0. The highest BCUT2D eigenvalue weighted by molar-refractivity contribution is 6.27. The molecule has 1 saturated heterocycles. The summed E-state index contributed by atoms with van der Waals surface area (Å²) in [5.74, 6) is -2.03. The Balaban J connectivity index is 1.37. The number of carbonyl (C=O) groups excluding carboxylic acids is 2. The lowest BCUT2D eigenvalue weighted by Crippen LogP contribution is -2.54. The summed E-state index contributed by atoms with van der Waals surface area (Å²) in [6.45, 7) is 0. The van der Waals surface area contributed by atoms with Crippen LogP contribution in [-0.2, 0) is 15.0 Å². The zero-order valence-corrected chi connectivity index (χ0v) is 22.3. The minimum Gasteiger partial charge on any atom is -0.274 e. The van der Waals surface area contributed by atoms with Crippen LogP contribution in [0.5, 0.6) is 0 Å². The van der Waals surface area contributed by atoms with Crippen molar-refractivity contribution >= 4 is 45.9 Å². The molecule has 9 rings (SSSR count). The number of hydrogen-bond acceptors (Lipinski definition) is 5. The largest absolute Gasteiger partial charge is 0.274 e. The number of hydrogen-bond donors (Lipinski definition) is 0. The molecule has 1 fully saturated rings. The minimum absolute atomic E-state index is 0.0247. The molecule has 202 valence electrons. The molecule has 0 unspecified atom stereocenters. The number of rotatable bonds is 4. The van der Waals surface area contributed by atoms with Gasteiger partial charge in [-0.15, -0.1) is 0 Å². The van der Waals surface area contributed by atoms with Crippen LogP contribution in [0.1, 0.15) is 28.2 Å². The number of carbonyl (C=O) groups is 2. The number of imide groups is 1. The minimum atomic E-state index is -1.01. The van der Waals surface area contributed by atoms with Crippen LogP contribution < -0.4 is 4.90 Å². The van der Waals surface area contributed by atoms with E-state index in [0.717, 1.165) is 33.0 Å². The van der Waals surface area contributed by atoms with Crippen LogP contribution in [0.2, 0.25) is 0 Å². The maximum Gasteiger partial charge on any atom is 0.269 e. The maximum absolute atomic E-state index is 14.7. The molecule has 1 heterocycles. The number of nitro groups is 1. The standard InChI is InChI=1S/C35H23N3O4/c39-33-31-30-25-11-3-5-13-27(25)35(28-14-6-4-12-26(28)30,20-36-22-16-18-23(19-17-22)38(41)42)32(31)34(40)37(33)29-15-7-9-21-8-1-2-10-24(21)29/h1-20,30-32H/t30?,31-,32-,35?/m1/s1. The third-order valence-electron chi connectivity index (χ3n) is 9.17. The number of anilines is 1. The van der Waals surface area contributed by atoms with Crippen LogP contribution in [-0.4, -0.2) is 23.0 Å². The van der Waals surface area contributed by atoms with Crippen molar-refractivity contribution in [3.63, 3.8) is 0 Å². The molecule has 7 nitrogen and oxygen atoms in total. The molecule has 0 radical (unpaired) electrons. The van der Waals surface area contributed by atoms with Crippen molar-refractivity contribution in [3.05, 3.63) is 148 Å². The Morgan fingerprint density at radius 2 is 1.36 bits per heavy atom. The summed E-state index contributed by atoms with van der Waals surface area (Å²) in [6, 6.07) is 35.5. The first-order valence-electron chi connectivity index (χ1n) is 13.8. The molecule has 3 aliphatic carbocycles. The molecule has 5 aromatic carbocycles. The van der Waals surface area contributed by atoms with Crippen LogP contribution in [0.25, 0.3) is 10.8 Å². The Labute approximate surface area is 240 Å². The van der Waals surface area contributed by atoms with Crippen LogP contribution in [0.4, 0.5) is 17.1 Å². The van der Waals surface area contributed by atoms with Crippen molar-refractivity contribution in [1.29, 1.82) is 0 Å². The van der Waals surface area contributed by atoms with E-state index in [0.29, 0.717) is 11.4 Å². The second kappa shape index (κ2) is 8.78. The topological polar surface area (TPSA) is 92.9 Å². The Hall–Kier alpha value is -5.43. The molecular weight excluding hydrogens is 526 g/mol. The Kier molecular flexibility index (Phi) is 5.10. The molecule has 4 aliphatic rings. The number of aliphatic imine (C=N–C) groups is 1. The van der Waals surface area contributed by atoms with Crippen molar-refractivity contribution in [2.45, 2.75) is 11.3 Å². The predicted molar refractivity (Wildman–Crippen MR) is 160 cm³/mol. The van der Waals surface area contributed by atoms with Crippen molar-refractivity contribution in [3.8, 4) is 0 Å². The van der Waals surface area contributed by atoms with E-state index in [1.807, 2.05) is 78.9 Å². The number of benzene rings is 5. The second-order valence-corrected chi connectivity index (χ2v) is 11.1. The van der Waals surface area contributed by atoms with E-state index in [-0.39, 0.29) is 23.4 Å². The van der Waals surface area contributed by atoms with Crippen LogP contribution in [0, 0.1) is 22.0 Å². The summed E-state index contributed by atoms with van der Waals surface area (Å²) < 4.78 is 0. The van der Waals surface area contributed by atoms with Gasteiger partial charge in [0.15, 0.2) is 0 Å². The van der Waals surface area contributed by atoms with Crippen LogP contribution in [0.3, 0.4) is 0 Å². The van der Waals surface area contributed by atoms with Crippen LogP contribution in [0.15, 0.2) is 120 Å². The van der Waals surface area contributed by atoms with Gasteiger partial charge in [0.05, 0.1) is 33.5 Å². The summed E-state index contributed by atoms with van der Waals surface area (Å²) in [5, 5.41) is 13.0. The zero-order chi connectivity index (χ0) is 28.6. The molecule has 1 aliphatic heterocycles. The van der Waals surface area contributed by atoms with Gasteiger partial charge in [0.1, 0.15) is 0 Å². The molecule has 5 aromatic rings. The Morgan fingerprint density at radius 3 is 2.05 bits per heavy atom. The fraction of sp³-hybridized carbons (Fsp3) is 0.114. The summed E-state index contributed by atoms with van der Waals surface area (Å²) in [4.78, 5) is 46.2. The quantitative estimate of drug-likeness (QED) is 0.108. The average Bonchev–Trinajstić information content (AvgIpc) is 3.30. The van der Waals surface area contributed by atoms with Gasteiger partial charge in [0.25, 0.3) is 5.69 Å². The molecule has 0 spiro atoms. The van der Waals surface area contributed by atoms with E-state index < -0.39 is 22.2 Å². The monoisotopic (exact) mass is 549 g/mol. The molecule has 0 N–H and O–H groups in total. The number of nitro benzene ring substituents is 1. The molecule has 2 amide bonds. The lowest BCUT2D eigenvalue weighted by atomic mass is 9.47. The SMILES string of the molecule is O=C1[C@@H]2C3c4ccccc4C(C=Nc4ccc([N+](=O)[O-])cc4)(c4ccccc43)[C@H]2C(=O)N1c1cccc2ccccc12. The van der Waals surface area contributed by atoms with Gasteiger partial charge in [-0.2, -0.15) is 0 Å². The van der Waals surface area contributed by atoms with Crippen LogP contribution >= 0.6 is 0 Å². The van der Waals surface area contributed by atoms with E-state index in [1.54, 1.807) is 18.3 Å². The van der Waals surface area contributed by atoms with Gasteiger partial charge in [-0.05, 0) is 45.8 Å². The first-order chi connectivity index (χ1) is 20.5. The normalized spacial score (nSPS) is 23.7. The molecule has 42 heavy (non-hydrogen) atoms. The molecule has 0 aromatic heterocycles. The van der Waals surface area contributed by atoms with Crippen molar-refractivity contribution in [2.75, 3.05) is 4.90 Å². The Bertz CT molecular complexity index is 1950. The van der Waals surface area contributed by atoms with Gasteiger partial charge >= 0.3 is 0 Å². The van der Waals surface area contributed by atoms with Gasteiger partial charge in [-0.25, -0.2) is 4.90 Å². The van der Waals surface area contributed by atoms with E-state index in [9.17, 15) is 19.7 Å². The highest BCUT2D eigenvalue weighted by Gasteiger charge is 2.68. The van der Waals surface area contributed by atoms with Gasteiger partial charge in [0, 0.05) is 29.7 Å². The number of fused-ring (bicyclic) bond motifs is 1. The molecule has 7 heteroatoms. The summed E-state index contributed by atoms with van der Waals surface area (Å²) >= 11 is 0. The van der Waals surface area contributed by atoms with Crippen molar-refractivity contribution in [1.82, 2.24) is 0 Å². The van der Waals surface area contributed by atoms with Gasteiger partial charge in [0.2, 0.25) is 11.8 Å². The molecule has 0 saturated carbocycles. The third-order valence-corrected chi connectivity index (χ3v) is 9.17. The first-order valence-corrected chi connectivity index (χ1v) is 13.8. The highest BCUT2D eigenvalue weighted by Crippen LogP contribution is 2.64. The van der Waals surface area contributed by atoms with E-state index in [1.165, 1.54) is 17.0 Å². The number of nitrogens with zero attached hydrogens (tertiary/aromatic N) is 3. The fourth-order valence-electron chi connectivity index (χ4n) is 7.53. The van der Waals surface area contributed by atoms with Gasteiger partial charge in [-0.3, -0.25) is 24.7 Å². The molecule has 2 bridgehead atoms. The van der Waals surface area contributed by atoms with E-state index in [2.05, 4.69) is 12.1 Å². The van der Waals surface area contributed by atoms with Crippen molar-refractivity contribution < 1.29 is 14.5 Å². The third kappa shape index (κ3) is 3.13. The first kappa shape index (κ1) is 24.4. The van der Waals surface area contributed by atoms with E-state index >= 15 is 0 Å². The number of amides is 2. The van der Waals surface area contributed by atoms with Gasteiger partial charge in [-0.1, -0.05) is 84.9 Å². The Morgan fingerprint density at radius 1 is 0.738 bits per heavy atom. The highest BCUT2D eigenvalue weighted by atomic mass is 16.6. The van der Waals surface area contributed by atoms with Crippen molar-refractivity contribution in [2.24, 2.45) is 16.8 Å². The number of non-ortho nitro benzene ring substituents is 1. The summed E-state index contributed by atoms with van der Waals surface area (Å²) in [5.41, 5.74) is 4.04. The average molecular weight is 550 g/mol. The smallest absolute Gasteiger partial charge is 0.269 e. The fourth-order valence-corrected chi connectivity index (χ4v) is 7.53. The zero-order valence-electron chi connectivity index (χ0n) is 22.3. The summed E-state index contributed by atoms with van der Waals surface area (Å²) in [6.07, 6.45) is 1.80. The second-order valence-electron chi connectivity index (χ2n) is 11.1. The maximum atomic E-state index is 14.7. The molecular formula is C35H23N3O4. The lowest BCUT2D eigenvalue weighted by molar-refractivity contribution is -0.384.